The van der Waals surface area contributed by atoms with Gasteiger partial charge >= 0.3 is 5.97 Å². The van der Waals surface area contributed by atoms with Gasteiger partial charge in [-0.2, -0.15) is 0 Å². The van der Waals surface area contributed by atoms with Gasteiger partial charge in [-0.25, -0.2) is 0 Å². The van der Waals surface area contributed by atoms with E-state index in [1.54, 1.807) is 0 Å². The monoisotopic (exact) mass is 478 g/mol. The second-order valence-corrected chi connectivity index (χ2v) is 9.40. The van der Waals surface area contributed by atoms with Crippen LogP contribution >= 0.6 is 0 Å². The van der Waals surface area contributed by atoms with Crippen molar-refractivity contribution in [2.45, 2.75) is 77.7 Å². The Balaban J connectivity index is 1.63. The Morgan fingerprint density at radius 1 is 1.03 bits per heavy atom. The lowest BCUT2D eigenvalue weighted by molar-refractivity contribution is -0.145. The van der Waals surface area contributed by atoms with E-state index in [9.17, 15) is 4.79 Å². The fraction of sp³-hybridized carbons (Fsp3) is 0.500. The van der Waals surface area contributed by atoms with E-state index in [2.05, 4.69) is 50.3 Å². The van der Waals surface area contributed by atoms with Crippen molar-refractivity contribution in [3.63, 3.8) is 0 Å². The number of carbonyl (C=O) groups is 1. The van der Waals surface area contributed by atoms with Gasteiger partial charge in [-0.3, -0.25) is 4.79 Å². The van der Waals surface area contributed by atoms with Gasteiger partial charge in [0.1, 0.15) is 11.8 Å². The van der Waals surface area contributed by atoms with Crippen LogP contribution in [0.5, 0.6) is 5.75 Å². The summed E-state index contributed by atoms with van der Waals surface area (Å²) in [5, 5.41) is 0. The van der Waals surface area contributed by atoms with Crippen molar-refractivity contribution in [2.24, 2.45) is 11.5 Å². The van der Waals surface area contributed by atoms with Crippen LogP contribution in [0.1, 0.15) is 80.2 Å². The second-order valence-electron chi connectivity index (χ2n) is 9.40. The van der Waals surface area contributed by atoms with Crippen LogP contribution in [0.25, 0.3) is 11.6 Å². The highest BCUT2D eigenvalue weighted by Gasteiger charge is 2.15. The molecule has 1 atom stereocenters. The van der Waals surface area contributed by atoms with Crippen molar-refractivity contribution >= 4 is 17.6 Å². The topological polar surface area (TPSA) is 87.6 Å². The van der Waals surface area contributed by atoms with E-state index in [4.69, 9.17) is 20.9 Å². The summed E-state index contributed by atoms with van der Waals surface area (Å²) in [4.78, 5) is 11.6. The number of fused-ring (bicyclic) bond motifs is 1. The fourth-order valence-corrected chi connectivity index (χ4v) is 4.58. The van der Waals surface area contributed by atoms with Crippen LogP contribution < -0.4 is 16.2 Å². The number of allylic oxidation sites excluding steroid dienone is 1. The molecule has 2 aromatic carbocycles. The molecule has 0 saturated heterocycles. The smallest absolute Gasteiger partial charge is 0.324 e. The molecule has 3 rings (SSSR count). The zero-order valence-corrected chi connectivity index (χ0v) is 21.5. The first kappa shape index (κ1) is 27.0. The molecule has 1 aliphatic rings. The van der Waals surface area contributed by atoms with Crippen LogP contribution in [0, 0.1) is 0 Å². The van der Waals surface area contributed by atoms with Crippen molar-refractivity contribution in [2.75, 3.05) is 19.8 Å². The number of benzene rings is 2. The maximum absolute atomic E-state index is 11.6. The fourth-order valence-electron chi connectivity index (χ4n) is 4.58. The summed E-state index contributed by atoms with van der Waals surface area (Å²) in [5.41, 5.74) is 19.3. The van der Waals surface area contributed by atoms with Crippen LogP contribution in [0.15, 0.2) is 36.4 Å². The van der Waals surface area contributed by atoms with Gasteiger partial charge in [0.2, 0.25) is 0 Å². The van der Waals surface area contributed by atoms with Crippen molar-refractivity contribution in [3.8, 4) is 5.75 Å². The van der Waals surface area contributed by atoms with Crippen LogP contribution in [0.2, 0.25) is 0 Å². The standard InChI is InChI=1S/C30H42N2O3/c1-3-5-6-9-22-12-15-28(23(4-2)18-22)26-11-7-10-24-20-27(14-13-25(24)19-26)34-16-8-17-35-30(33)29(32)21-31/h12-15,18-20,29H,3-11,16-17,21,31-32H2,1-2H3. The molecule has 0 spiro atoms. The Morgan fingerprint density at radius 2 is 1.89 bits per heavy atom. The molecule has 0 aromatic heterocycles. The molecule has 2 aromatic rings. The molecule has 35 heavy (non-hydrogen) atoms. The number of esters is 1. The number of hydrogen-bond acceptors (Lipinski definition) is 5. The molecule has 0 bridgehead atoms. The first-order valence-corrected chi connectivity index (χ1v) is 13.3. The minimum absolute atomic E-state index is 0.0880. The quantitative estimate of drug-likeness (QED) is 0.295. The Kier molecular flexibility index (Phi) is 10.8. The second kappa shape index (κ2) is 14.1. The molecule has 5 heteroatoms. The van der Waals surface area contributed by atoms with Gasteiger partial charge in [-0.05, 0) is 84.0 Å². The SMILES string of the molecule is CCCCCc1ccc(C2=Cc3ccc(OCCCOC(=O)C(N)CN)cc3CCC2)c(CC)c1. The highest BCUT2D eigenvalue weighted by atomic mass is 16.5. The van der Waals surface area contributed by atoms with E-state index >= 15 is 0 Å². The maximum Gasteiger partial charge on any atom is 0.324 e. The molecule has 0 saturated carbocycles. The summed E-state index contributed by atoms with van der Waals surface area (Å²) in [7, 11) is 0. The minimum Gasteiger partial charge on any atom is -0.493 e. The minimum atomic E-state index is -0.754. The number of ether oxygens (including phenoxy) is 2. The van der Waals surface area contributed by atoms with E-state index in [0.717, 1.165) is 31.4 Å². The highest BCUT2D eigenvalue weighted by Crippen LogP contribution is 2.33. The number of carbonyl (C=O) groups excluding carboxylic acids is 1. The average Bonchev–Trinajstić information content (AvgIpc) is 3.09. The zero-order valence-electron chi connectivity index (χ0n) is 21.5. The van der Waals surface area contributed by atoms with Crippen LogP contribution in [0.4, 0.5) is 0 Å². The lowest BCUT2D eigenvalue weighted by Crippen LogP contribution is -2.39. The van der Waals surface area contributed by atoms with Crippen molar-refractivity contribution in [1.82, 2.24) is 0 Å². The van der Waals surface area contributed by atoms with Gasteiger partial charge in [0.05, 0.1) is 13.2 Å². The number of rotatable bonds is 13. The van der Waals surface area contributed by atoms with Crippen molar-refractivity contribution < 1.29 is 14.3 Å². The maximum atomic E-state index is 11.6. The van der Waals surface area contributed by atoms with Gasteiger partial charge in [-0.15, -0.1) is 0 Å². The van der Waals surface area contributed by atoms with E-state index in [1.165, 1.54) is 59.1 Å². The van der Waals surface area contributed by atoms with Crippen molar-refractivity contribution in [1.29, 1.82) is 0 Å². The lowest BCUT2D eigenvalue weighted by atomic mass is 9.92. The van der Waals surface area contributed by atoms with Gasteiger partial charge < -0.3 is 20.9 Å². The summed E-state index contributed by atoms with van der Waals surface area (Å²) >= 11 is 0. The highest BCUT2D eigenvalue weighted by molar-refractivity contribution is 5.84. The first-order valence-electron chi connectivity index (χ1n) is 13.3. The number of aryl methyl sites for hydroxylation is 3. The molecule has 0 radical (unpaired) electrons. The molecular weight excluding hydrogens is 436 g/mol. The van der Waals surface area contributed by atoms with E-state index < -0.39 is 12.0 Å². The van der Waals surface area contributed by atoms with Gasteiger partial charge in [0.15, 0.2) is 0 Å². The third-order valence-electron chi connectivity index (χ3n) is 6.66. The molecule has 0 aliphatic heterocycles. The molecule has 5 nitrogen and oxygen atoms in total. The third kappa shape index (κ3) is 7.94. The van der Waals surface area contributed by atoms with E-state index in [1.807, 2.05) is 6.07 Å². The zero-order chi connectivity index (χ0) is 25.0. The average molecular weight is 479 g/mol. The molecule has 0 fully saturated rings. The van der Waals surface area contributed by atoms with E-state index in [0.29, 0.717) is 13.0 Å². The molecule has 1 aliphatic carbocycles. The van der Waals surface area contributed by atoms with E-state index in [-0.39, 0.29) is 13.2 Å². The van der Waals surface area contributed by atoms with Crippen LogP contribution in [-0.2, 0) is 28.8 Å². The molecule has 4 N–H and O–H groups in total. The molecule has 190 valence electrons. The Morgan fingerprint density at radius 3 is 2.66 bits per heavy atom. The number of unbranched alkanes of at least 4 members (excludes halogenated alkanes) is 2. The Bertz CT molecular complexity index is 999. The Hall–Kier alpha value is -2.63. The predicted octanol–water partition coefficient (Wildman–Crippen LogP) is 5.46. The van der Waals surface area contributed by atoms with Crippen LogP contribution in [-0.4, -0.2) is 31.8 Å². The summed E-state index contributed by atoms with van der Waals surface area (Å²) in [5.74, 6) is 0.397. The van der Waals surface area contributed by atoms with Crippen molar-refractivity contribution in [3.05, 3.63) is 64.2 Å². The number of hydrogen-bond donors (Lipinski definition) is 2. The molecule has 1 unspecified atom stereocenters. The lowest BCUT2D eigenvalue weighted by Gasteiger charge is -2.14. The molecular formula is C30H42N2O3. The summed E-state index contributed by atoms with van der Waals surface area (Å²) in [6, 6.07) is 12.7. The molecule has 0 amide bonds. The first-order chi connectivity index (χ1) is 17.0. The predicted molar refractivity (Wildman–Crippen MR) is 144 cm³/mol. The van der Waals surface area contributed by atoms with Gasteiger partial charge in [0.25, 0.3) is 0 Å². The summed E-state index contributed by atoms with van der Waals surface area (Å²) < 4.78 is 11.0. The third-order valence-corrected chi connectivity index (χ3v) is 6.66. The number of nitrogens with two attached hydrogens (primary N) is 2. The van der Waals surface area contributed by atoms with Crippen LogP contribution in [0.3, 0.4) is 0 Å². The largest absolute Gasteiger partial charge is 0.493 e. The summed E-state index contributed by atoms with van der Waals surface area (Å²) in [6.45, 7) is 5.37. The summed E-state index contributed by atoms with van der Waals surface area (Å²) in [6.07, 6.45) is 12.3. The van der Waals surface area contributed by atoms with Gasteiger partial charge in [-0.1, -0.05) is 57.0 Å². The van der Waals surface area contributed by atoms with Gasteiger partial charge in [0, 0.05) is 13.0 Å². The molecule has 0 heterocycles. The Labute approximate surface area is 210 Å². The normalized spacial score (nSPS) is 14.0.